The molecule has 1 N–H and O–H groups in total. The fraction of sp³-hybridized carbons (Fsp3) is 0.636. The highest BCUT2D eigenvalue weighted by Gasteiger charge is 2.34. The van der Waals surface area contributed by atoms with E-state index in [9.17, 15) is 8.42 Å². The van der Waals surface area contributed by atoms with Crippen LogP contribution in [0.15, 0.2) is 17.5 Å². The molecule has 2 rings (SSSR count). The van der Waals surface area contributed by atoms with Crippen LogP contribution >= 0.6 is 11.3 Å². The lowest BCUT2D eigenvalue weighted by atomic mass is 10.1. The van der Waals surface area contributed by atoms with E-state index in [-0.39, 0.29) is 17.3 Å². The fourth-order valence-corrected chi connectivity index (χ4v) is 4.71. The fourth-order valence-electron chi connectivity index (χ4n) is 2.04. The molecule has 0 amide bonds. The van der Waals surface area contributed by atoms with E-state index in [4.69, 9.17) is 0 Å². The van der Waals surface area contributed by atoms with Gasteiger partial charge in [-0.15, -0.1) is 11.3 Å². The standard InChI is InChI=1S/C11H17NO2S2/c1-8-5-7-16(13,14)9(2)11(12-8)10-4-3-6-15-10/h3-4,6,8-9,11-12H,5,7H2,1-2H3. The first-order valence-electron chi connectivity index (χ1n) is 5.52. The molecule has 0 saturated carbocycles. The van der Waals surface area contributed by atoms with Gasteiger partial charge in [-0.3, -0.25) is 0 Å². The van der Waals surface area contributed by atoms with Crippen molar-refractivity contribution in [2.75, 3.05) is 5.75 Å². The molecule has 1 aromatic heterocycles. The van der Waals surface area contributed by atoms with Gasteiger partial charge in [0.1, 0.15) is 0 Å². The molecular weight excluding hydrogens is 242 g/mol. The Morgan fingerprint density at radius 2 is 2.19 bits per heavy atom. The van der Waals surface area contributed by atoms with Crippen LogP contribution in [0.25, 0.3) is 0 Å². The summed E-state index contributed by atoms with van der Waals surface area (Å²) in [5.74, 6) is 0.296. The second-order valence-corrected chi connectivity index (χ2v) is 7.88. The number of rotatable bonds is 1. The maximum Gasteiger partial charge on any atom is 0.154 e. The van der Waals surface area contributed by atoms with E-state index in [0.29, 0.717) is 12.2 Å². The van der Waals surface area contributed by atoms with Crippen molar-refractivity contribution < 1.29 is 8.42 Å². The van der Waals surface area contributed by atoms with E-state index in [2.05, 4.69) is 5.32 Å². The van der Waals surface area contributed by atoms with Gasteiger partial charge in [0.25, 0.3) is 0 Å². The Bertz CT molecular complexity index is 439. The summed E-state index contributed by atoms with van der Waals surface area (Å²) in [6, 6.07) is 4.18. The van der Waals surface area contributed by atoms with E-state index < -0.39 is 9.84 Å². The second kappa shape index (κ2) is 4.47. The smallest absolute Gasteiger partial charge is 0.154 e. The maximum absolute atomic E-state index is 12.0. The maximum atomic E-state index is 12.0. The Labute approximate surface area is 101 Å². The minimum absolute atomic E-state index is 0.0532. The second-order valence-electron chi connectivity index (χ2n) is 4.42. The zero-order valence-corrected chi connectivity index (χ0v) is 11.1. The molecule has 3 atom stereocenters. The highest BCUT2D eigenvalue weighted by Crippen LogP contribution is 2.29. The van der Waals surface area contributed by atoms with Crippen molar-refractivity contribution >= 4 is 21.2 Å². The van der Waals surface area contributed by atoms with Gasteiger partial charge in [-0.1, -0.05) is 6.07 Å². The molecule has 0 aromatic carbocycles. The minimum Gasteiger partial charge on any atom is -0.306 e. The van der Waals surface area contributed by atoms with Crippen LogP contribution in [-0.4, -0.2) is 25.5 Å². The Morgan fingerprint density at radius 1 is 1.44 bits per heavy atom. The first kappa shape index (κ1) is 12.1. The molecule has 1 fully saturated rings. The highest BCUT2D eigenvalue weighted by atomic mass is 32.2. The van der Waals surface area contributed by atoms with Gasteiger partial charge in [-0.25, -0.2) is 8.42 Å². The minimum atomic E-state index is -2.96. The summed E-state index contributed by atoms with van der Waals surface area (Å²) in [4.78, 5) is 1.12. The van der Waals surface area contributed by atoms with Crippen LogP contribution in [-0.2, 0) is 9.84 Å². The first-order valence-corrected chi connectivity index (χ1v) is 8.11. The van der Waals surface area contributed by atoms with Crippen LogP contribution < -0.4 is 5.32 Å². The summed E-state index contributed by atoms with van der Waals surface area (Å²) in [5, 5.41) is 5.07. The molecule has 1 saturated heterocycles. The van der Waals surface area contributed by atoms with Crippen molar-refractivity contribution in [2.24, 2.45) is 0 Å². The number of nitrogens with one attached hydrogen (secondary N) is 1. The van der Waals surface area contributed by atoms with E-state index in [1.165, 1.54) is 0 Å². The molecular formula is C11H17NO2S2. The number of thiophene rings is 1. The third kappa shape index (κ3) is 2.31. The van der Waals surface area contributed by atoms with Crippen molar-refractivity contribution in [1.29, 1.82) is 0 Å². The van der Waals surface area contributed by atoms with Gasteiger partial charge in [-0.2, -0.15) is 0 Å². The van der Waals surface area contributed by atoms with Crippen LogP contribution in [0.4, 0.5) is 0 Å². The van der Waals surface area contributed by atoms with Gasteiger partial charge in [0, 0.05) is 10.9 Å². The summed E-state index contributed by atoms with van der Waals surface area (Å²) >= 11 is 1.62. The Hall–Kier alpha value is -0.390. The van der Waals surface area contributed by atoms with Gasteiger partial charge in [-0.05, 0) is 31.7 Å². The molecule has 3 nitrogen and oxygen atoms in total. The van der Waals surface area contributed by atoms with Crippen LogP contribution in [0.1, 0.15) is 31.2 Å². The Balaban J connectivity index is 2.35. The molecule has 1 aliphatic heterocycles. The monoisotopic (exact) mass is 259 g/mol. The van der Waals surface area contributed by atoms with Gasteiger partial charge < -0.3 is 5.32 Å². The zero-order chi connectivity index (χ0) is 11.8. The number of hydrogen-bond donors (Lipinski definition) is 1. The number of sulfone groups is 1. The molecule has 2 heterocycles. The van der Waals surface area contributed by atoms with Crippen molar-refractivity contribution in [3.63, 3.8) is 0 Å². The average Bonchev–Trinajstić information content (AvgIpc) is 2.72. The SMILES string of the molecule is CC1CCS(=O)(=O)C(C)C(c2cccs2)N1. The lowest BCUT2D eigenvalue weighted by Crippen LogP contribution is -2.35. The molecule has 0 bridgehead atoms. The Morgan fingerprint density at radius 3 is 2.81 bits per heavy atom. The zero-order valence-electron chi connectivity index (χ0n) is 9.51. The predicted molar refractivity (Wildman–Crippen MR) is 67.5 cm³/mol. The number of hydrogen-bond acceptors (Lipinski definition) is 4. The van der Waals surface area contributed by atoms with E-state index >= 15 is 0 Å². The van der Waals surface area contributed by atoms with Crippen molar-refractivity contribution in [3.05, 3.63) is 22.4 Å². The Kier molecular flexibility index (Phi) is 3.37. The largest absolute Gasteiger partial charge is 0.306 e. The summed E-state index contributed by atoms with van der Waals surface area (Å²) in [6.07, 6.45) is 0.703. The molecule has 0 aliphatic carbocycles. The highest BCUT2D eigenvalue weighted by molar-refractivity contribution is 7.92. The quantitative estimate of drug-likeness (QED) is 0.839. The van der Waals surface area contributed by atoms with Crippen LogP contribution in [0.5, 0.6) is 0 Å². The average molecular weight is 259 g/mol. The summed E-state index contributed by atoms with van der Waals surface area (Å²) < 4.78 is 24.0. The van der Waals surface area contributed by atoms with Gasteiger partial charge in [0.15, 0.2) is 9.84 Å². The van der Waals surface area contributed by atoms with Crippen molar-refractivity contribution in [3.8, 4) is 0 Å². The first-order chi connectivity index (χ1) is 7.50. The topological polar surface area (TPSA) is 46.2 Å². The molecule has 90 valence electrons. The van der Waals surface area contributed by atoms with E-state index in [0.717, 1.165) is 4.88 Å². The summed E-state index contributed by atoms with van der Waals surface area (Å²) in [5.41, 5.74) is 0. The van der Waals surface area contributed by atoms with Gasteiger partial charge in [0.05, 0.1) is 17.0 Å². The van der Waals surface area contributed by atoms with Crippen LogP contribution in [0.2, 0.25) is 0 Å². The normalized spacial score (nSPS) is 34.5. The van der Waals surface area contributed by atoms with Crippen LogP contribution in [0, 0.1) is 0 Å². The summed E-state index contributed by atoms with van der Waals surface area (Å²) in [6.45, 7) is 3.86. The van der Waals surface area contributed by atoms with Gasteiger partial charge in [0.2, 0.25) is 0 Å². The molecule has 5 heteroatoms. The predicted octanol–water partition coefficient (Wildman–Crippen LogP) is 1.97. The lowest BCUT2D eigenvalue weighted by molar-refractivity contribution is 0.457. The lowest BCUT2D eigenvalue weighted by Gasteiger charge is -2.22. The van der Waals surface area contributed by atoms with Crippen LogP contribution in [0.3, 0.4) is 0 Å². The van der Waals surface area contributed by atoms with Gasteiger partial charge >= 0.3 is 0 Å². The molecule has 0 radical (unpaired) electrons. The molecule has 1 aromatic rings. The third-order valence-electron chi connectivity index (χ3n) is 3.19. The third-order valence-corrected chi connectivity index (χ3v) is 6.35. The molecule has 3 unspecified atom stereocenters. The van der Waals surface area contributed by atoms with Crippen molar-refractivity contribution in [2.45, 2.75) is 37.6 Å². The van der Waals surface area contributed by atoms with E-state index in [1.807, 2.05) is 31.4 Å². The molecule has 16 heavy (non-hydrogen) atoms. The van der Waals surface area contributed by atoms with E-state index in [1.54, 1.807) is 11.3 Å². The van der Waals surface area contributed by atoms with Crippen molar-refractivity contribution in [1.82, 2.24) is 5.32 Å². The molecule has 0 spiro atoms. The summed E-state index contributed by atoms with van der Waals surface area (Å²) in [7, 11) is -2.96. The molecule has 1 aliphatic rings.